The Balaban J connectivity index is 1.70. The van der Waals surface area contributed by atoms with E-state index in [2.05, 4.69) is 31.1 Å². The Morgan fingerprint density at radius 2 is 1.82 bits per heavy atom. The molecule has 0 spiro atoms. The number of aromatic nitrogens is 1. The minimum Gasteiger partial charge on any atom is -0.479 e. The number of hydrogen-bond acceptors (Lipinski definition) is 5. The summed E-state index contributed by atoms with van der Waals surface area (Å²) < 4.78 is 17.2. The normalized spacial score (nSPS) is 12.0. The van der Waals surface area contributed by atoms with E-state index in [0.29, 0.717) is 16.7 Å². The lowest BCUT2D eigenvalue weighted by atomic mass is 9.98. The maximum absolute atomic E-state index is 11.2. The molecular weight excluding hydrogens is 454 g/mol. The van der Waals surface area contributed by atoms with E-state index in [4.69, 9.17) is 25.6 Å². The van der Waals surface area contributed by atoms with E-state index < -0.39 is 12.1 Å². The molecule has 1 atom stereocenters. The van der Waals surface area contributed by atoms with Crippen LogP contribution in [0, 0.1) is 0 Å². The molecular formula is C27H26ClNO5. The van der Waals surface area contributed by atoms with Gasteiger partial charge in [-0.2, -0.15) is 0 Å². The zero-order valence-electron chi connectivity index (χ0n) is 19.3. The third kappa shape index (κ3) is 5.02. The molecule has 0 fully saturated rings. The Morgan fingerprint density at radius 1 is 1.09 bits per heavy atom. The van der Waals surface area contributed by atoms with Crippen molar-refractivity contribution in [3.8, 4) is 28.5 Å². The molecule has 4 rings (SSSR count). The number of rotatable bonds is 9. The molecule has 0 unspecified atom stereocenters. The van der Waals surface area contributed by atoms with E-state index in [1.807, 2.05) is 30.3 Å². The molecule has 1 heterocycles. The topological polar surface area (TPSA) is 81.8 Å². The van der Waals surface area contributed by atoms with Crippen LogP contribution >= 0.6 is 11.6 Å². The Bertz CT molecular complexity index is 1310. The molecule has 0 aliphatic rings. The zero-order chi connectivity index (χ0) is 24.2. The smallest absolute Gasteiger partial charge is 0.344 e. The van der Waals surface area contributed by atoms with Crippen molar-refractivity contribution < 1.29 is 23.9 Å². The maximum atomic E-state index is 11.2. The molecule has 1 N–H and O–H groups in total. The van der Waals surface area contributed by atoms with Crippen LogP contribution < -0.4 is 9.47 Å². The summed E-state index contributed by atoms with van der Waals surface area (Å²) in [5.74, 6) is 0.711. The first-order valence-electron chi connectivity index (χ1n) is 11.3. The van der Waals surface area contributed by atoms with Gasteiger partial charge in [0.15, 0.2) is 11.7 Å². The number of nitrogens with zero attached hydrogens (tertiary/aromatic N) is 1. The van der Waals surface area contributed by atoms with Crippen LogP contribution in [0.2, 0.25) is 5.02 Å². The Morgan fingerprint density at radius 3 is 2.50 bits per heavy atom. The summed E-state index contributed by atoms with van der Waals surface area (Å²) in [4.78, 5) is 11.2. The highest BCUT2D eigenvalue weighted by Crippen LogP contribution is 2.38. The van der Waals surface area contributed by atoms with Crippen molar-refractivity contribution in [2.24, 2.45) is 0 Å². The molecule has 1 aromatic heterocycles. The van der Waals surface area contributed by atoms with Gasteiger partial charge >= 0.3 is 5.97 Å². The van der Waals surface area contributed by atoms with E-state index in [-0.39, 0.29) is 10.8 Å². The molecule has 0 saturated carbocycles. The zero-order valence-corrected chi connectivity index (χ0v) is 20.1. The van der Waals surface area contributed by atoms with Crippen LogP contribution in [-0.4, -0.2) is 22.3 Å². The fraction of sp³-hybridized carbons (Fsp3) is 0.259. The third-order valence-electron chi connectivity index (χ3n) is 5.59. The van der Waals surface area contributed by atoms with Gasteiger partial charge in [0, 0.05) is 11.6 Å². The van der Waals surface area contributed by atoms with Gasteiger partial charge in [-0.25, -0.2) is 4.79 Å². The van der Waals surface area contributed by atoms with Gasteiger partial charge in [0.05, 0.1) is 10.4 Å². The van der Waals surface area contributed by atoms with Crippen LogP contribution in [0.4, 0.5) is 0 Å². The first-order chi connectivity index (χ1) is 16.4. The van der Waals surface area contributed by atoms with Crippen molar-refractivity contribution in [2.75, 3.05) is 0 Å². The monoisotopic (exact) mass is 479 g/mol. The number of carboxylic acid groups (broad SMARTS) is 1. The van der Waals surface area contributed by atoms with Gasteiger partial charge in [-0.1, -0.05) is 49.2 Å². The number of carbonyl (C=O) groups is 1. The Labute approximate surface area is 203 Å². The number of ether oxygens (including phenoxy) is 2. The van der Waals surface area contributed by atoms with E-state index in [1.165, 1.54) is 12.5 Å². The number of benzene rings is 3. The largest absolute Gasteiger partial charge is 0.479 e. The highest BCUT2D eigenvalue weighted by Gasteiger charge is 2.20. The number of aryl methyl sites for hydroxylation is 2. The minimum absolute atomic E-state index is 0.259. The molecule has 6 nitrogen and oxygen atoms in total. The first kappa shape index (κ1) is 23.6. The van der Waals surface area contributed by atoms with Gasteiger partial charge in [-0.3, -0.25) is 0 Å². The molecule has 0 radical (unpaired) electrons. The fourth-order valence-corrected chi connectivity index (χ4v) is 3.93. The second-order valence-corrected chi connectivity index (χ2v) is 8.48. The fourth-order valence-electron chi connectivity index (χ4n) is 3.74. The second-order valence-electron chi connectivity index (χ2n) is 8.08. The maximum Gasteiger partial charge on any atom is 0.344 e. The molecule has 0 saturated heterocycles. The Kier molecular flexibility index (Phi) is 7.08. The summed E-state index contributed by atoms with van der Waals surface area (Å²) in [7, 11) is 0. The molecule has 0 amide bonds. The van der Waals surface area contributed by atoms with Crippen LogP contribution in [0.1, 0.15) is 38.3 Å². The summed E-state index contributed by atoms with van der Waals surface area (Å²) in [6.45, 7) is 5.68. The minimum atomic E-state index is -1.08. The first-order valence-corrected chi connectivity index (χ1v) is 11.7. The third-order valence-corrected chi connectivity index (χ3v) is 5.89. The van der Waals surface area contributed by atoms with Gasteiger partial charge < -0.3 is 19.1 Å². The molecule has 0 aliphatic heterocycles. The Hall–Kier alpha value is -3.51. The van der Waals surface area contributed by atoms with Gasteiger partial charge in [-0.05, 0) is 67.3 Å². The quantitative estimate of drug-likeness (QED) is 0.271. The van der Waals surface area contributed by atoms with Crippen molar-refractivity contribution in [3.63, 3.8) is 0 Å². The predicted molar refractivity (Wildman–Crippen MR) is 132 cm³/mol. The van der Waals surface area contributed by atoms with Crippen molar-refractivity contribution in [1.29, 1.82) is 0 Å². The summed E-state index contributed by atoms with van der Waals surface area (Å²) >= 11 is 6.28. The van der Waals surface area contributed by atoms with Crippen LogP contribution in [0.15, 0.2) is 59.1 Å². The molecule has 4 aromatic rings. The van der Waals surface area contributed by atoms with Crippen LogP contribution in [0.5, 0.6) is 17.2 Å². The van der Waals surface area contributed by atoms with Crippen molar-refractivity contribution >= 4 is 28.5 Å². The SMILES string of the molecule is CCCc1cc(Oc2ccc(CC)cc2)ccc1-c1noc2cc(Cl)c(O[C@@H](C)C(=O)O)cc12. The summed E-state index contributed by atoms with van der Waals surface area (Å²) in [6, 6.07) is 17.2. The lowest BCUT2D eigenvalue weighted by Gasteiger charge is -2.13. The van der Waals surface area contributed by atoms with Crippen molar-refractivity contribution in [1.82, 2.24) is 5.16 Å². The molecule has 3 aromatic carbocycles. The van der Waals surface area contributed by atoms with E-state index >= 15 is 0 Å². The number of carboxylic acids is 1. The molecule has 34 heavy (non-hydrogen) atoms. The number of fused-ring (bicyclic) bond motifs is 1. The van der Waals surface area contributed by atoms with Gasteiger partial charge in [0.1, 0.15) is 22.9 Å². The highest BCUT2D eigenvalue weighted by atomic mass is 35.5. The highest BCUT2D eigenvalue weighted by molar-refractivity contribution is 6.32. The number of aliphatic carboxylic acids is 1. The summed E-state index contributed by atoms with van der Waals surface area (Å²) in [5.41, 5.74) is 4.37. The lowest BCUT2D eigenvalue weighted by molar-refractivity contribution is -0.144. The van der Waals surface area contributed by atoms with Gasteiger partial charge in [0.25, 0.3) is 0 Å². The average molecular weight is 480 g/mol. The molecule has 7 heteroatoms. The summed E-state index contributed by atoms with van der Waals surface area (Å²) in [6.07, 6.45) is 1.70. The van der Waals surface area contributed by atoms with E-state index in [1.54, 1.807) is 12.1 Å². The van der Waals surface area contributed by atoms with Gasteiger partial charge in [0.2, 0.25) is 0 Å². The second kappa shape index (κ2) is 10.2. The predicted octanol–water partition coefficient (Wildman–Crippen LogP) is 7.31. The van der Waals surface area contributed by atoms with Gasteiger partial charge in [-0.15, -0.1) is 0 Å². The number of halogens is 1. The standard InChI is InChI=1S/C27H26ClNO5/c1-4-6-18-13-20(33-19-9-7-17(5-2)8-10-19)11-12-21(18)26-22-14-25(32-16(3)27(30)31)23(28)15-24(22)34-29-26/h7-16H,4-6H2,1-3H3,(H,30,31)/t16-/m0/s1. The molecule has 176 valence electrons. The van der Waals surface area contributed by atoms with Crippen LogP contribution in [0.3, 0.4) is 0 Å². The average Bonchev–Trinajstić information content (AvgIpc) is 3.22. The summed E-state index contributed by atoms with van der Waals surface area (Å²) in [5, 5.41) is 14.4. The van der Waals surface area contributed by atoms with Crippen molar-refractivity contribution in [2.45, 2.75) is 46.1 Å². The van der Waals surface area contributed by atoms with Crippen LogP contribution in [0.25, 0.3) is 22.2 Å². The molecule has 0 aliphatic carbocycles. The van der Waals surface area contributed by atoms with Crippen molar-refractivity contribution in [3.05, 3.63) is 70.7 Å². The van der Waals surface area contributed by atoms with E-state index in [9.17, 15) is 9.90 Å². The molecule has 0 bridgehead atoms. The van der Waals surface area contributed by atoms with Crippen LogP contribution in [-0.2, 0) is 17.6 Å². The number of hydrogen-bond donors (Lipinski definition) is 1. The van der Waals surface area contributed by atoms with E-state index in [0.717, 1.165) is 41.9 Å². The lowest BCUT2D eigenvalue weighted by Crippen LogP contribution is -2.22.